The third-order valence-corrected chi connectivity index (χ3v) is 3.45. The van der Waals surface area contributed by atoms with Crippen molar-refractivity contribution in [2.45, 2.75) is 13.0 Å². The Morgan fingerprint density at radius 1 is 1.09 bits per heavy atom. The molecule has 0 saturated carbocycles. The maximum atomic E-state index is 11.9. The Kier molecular flexibility index (Phi) is 6.56. The van der Waals surface area contributed by atoms with Crippen molar-refractivity contribution >= 4 is 29.1 Å². The molecule has 122 valence electrons. The van der Waals surface area contributed by atoms with E-state index in [4.69, 9.17) is 32.7 Å². The van der Waals surface area contributed by atoms with Crippen molar-refractivity contribution in [3.8, 4) is 11.5 Å². The van der Waals surface area contributed by atoms with Gasteiger partial charge in [0.2, 0.25) is 0 Å². The standard InChI is InChI=1S/C17H17Cl2NO3/c1-12(23-16-4-2-3-14(19)11-16)17(21)20-9-10-22-15-7-5-13(18)6-8-15/h2-8,11-12H,9-10H2,1H3,(H,20,21)/t12-/m0/s1. The molecule has 0 heterocycles. The van der Waals surface area contributed by atoms with Crippen LogP contribution >= 0.6 is 23.2 Å². The summed E-state index contributed by atoms with van der Waals surface area (Å²) in [6, 6.07) is 14.0. The first-order valence-electron chi connectivity index (χ1n) is 7.13. The normalized spacial score (nSPS) is 11.6. The molecule has 0 bridgehead atoms. The highest BCUT2D eigenvalue weighted by Gasteiger charge is 2.14. The summed E-state index contributed by atoms with van der Waals surface area (Å²) in [5.74, 6) is 1.04. The zero-order chi connectivity index (χ0) is 16.7. The monoisotopic (exact) mass is 353 g/mol. The van der Waals surface area contributed by atoms with Crippen LogP contribution in [0.5, 0.6) is 11.5 Å². The molecule has 2 rings (SSSR count). The quantitative estimate of drug-likeness (QED) is 0.766. The van der Waals surface area contributed by atoms with Gasteiger partial charge in [-0.25, -0.2) is 0 Å². The molecule has 0 radical (unpaired) electrons. The van der Waals surface area contributed by atoms with Gasteiger partial charge in [0.05, 0.1) is 6.54 Å². The number of carbonyl (C=O) groups excluding carboxylic acids is 1. The Bertz CT molecular complexity index is 647. The van der Waals surface area contributed by atoms with E-state index in [1.165, 1.54) is 0 Å². The van der Waals surface area contributed by atoms with Crippen LogP contribution in [0.2, 0.25) is 10.0 Å². The zero-order valence-corrected chi connectivity index (χ0v) is 14.1. The van der Waals surface area contributed by atoms with Gasteiger partial charge in [-0.1, -0.05) is 29.3 Å². The van der Waals surface area contributed by atoms with Gasteiger partial charge < -0.3 is 14.8 Å². The molecular weight excluding hydrogens is 337 g/mol. The number of rotatable bonds is 7. The number of ether oxygens (including phenoxy) is 2. The highest BCUT2D eigenvalue weighted by Crippen LogP contribution is 2.18. The summed E-state index contributed by atoms with van der Waals surface area (Å²) in [6.45, 7) is 2.41. The van der Waals surface area contributed by atoms with Crippen molar-refractivity contribution < 1.29 is 14.3 Å². The molecule has 0 fully saturated rings. The SMILES string of the molecule is C[C@H](Oc1cccc(Cl)c1)C(=O)NCCOc1ccc(Cl)cc1. The number of hydrogen-bond acceptors (Lipinski definition) is 3. The van der Waals surface area contributed by atoms with Gasteiger partial charge in [-0.3, -0.25) is 4.79 Å². The minimum absolute atomic E-state index is 0.218. The lowest BCUT2D eigenvalue weighted by atomic mass is 10.3. The average Bonchev–Trinajstić information content (AvgIpc) is 2.53. The first kappa shape index (κ1) is 17.4. The number of nitrogens with one attached hydrogen (secondary N) is 1. The van der Waals surface area contributed by atoms with Gasteiger partial charge in [-0.05, 0) is 49.4 Å². The fourth-order valence-electron chi connectivity index (χ4n) is 1.82. The predicted molar refractivity (Wildman–Crippen MR) is 91.5 cm³/mol. The largest absolute Gasteiger partial charge is 0.492 e. The van der Waals surface area contributed by atoms with Crippen molar-refractivity contribution in [1.82, 2.24) is 5.32 Å². The minimum atomic E-state index is -0.621. The maximum absolute atomic E-state index is 11.9. The Labute approximate surface area is 145 Å². The Hall–Kier alpha value is -1.91. The van der Waals surface area contributed by atoms with E-state index in [0.29, 0.717) is 34.7 Å². The van der Waals surface area contributed by atoms with Crippen LogP contribution in [0.15, 0.2) is 48.5 Å². The number of halogens is 2. The lowest BCUT2D eigenvalue weighted by Gasteiger charge is -2.15. The summed E-state index contributed by atoms with van der Waals surface area (Å²) >= 11 is 11.7. The van der Waals surface area contributed by atoms with E-state index in [0.717, 1.165) is 0 Å². The van der Waals surface area contributed by atoms with Crippen molar-refractivity contribution in [1.29, 1.82) is 0 Å². The maximum Gasteiger partial charge on any atom is 0.260 e. The second-order valence-corrected chi connectivity index (χ2v) is 5.68. The van der Waals surface area contributed by atoms with Crippen LogP contribution in [0.3, 0.4) is 0 Å². The molecule has 0 aromatic heterocycles. The first-order chi connectivity index (χ1) is 11.0. The van der Waals surface area contributed by atoms with Gasteiger partial charge in [-0.15, -0.1) is 0 Å². The Morgan fingerprint density at radius 2 is 1.83 bits per heavy atom. The van der Waals surface area contributed by atoms with E-state index < -0.39 is 6.10 Å². The van der Waals surface area contributed by atoms with Gasteiger partial charge in [0, 0.05) is 10.0 Å². The minimum Gasteiger partial charge on any atom is -0.492 e. The zero-order valence-electron chi connectivity index (χ0n) is 12.6. The van der Waals surface area contributed by atoms with Gasteiger partial charge in [-0.2, -0.15) is 0 Å². The van der Waals surface area contributed by atoms with Gasteiger partial charge in [0.15, 0.2) is 6.10 Å². The van der Waals surface area contributed by atoms with E-state index in [1.54, 1.807) is 55.5 Å². The fourth-order valence-corrected chi connectivity index (χ4v) is 2.12. The molecule has 1 amide bonds. The van der Waals surface area contributed by atoms with Crippen molar-refractivity contribution in [2.24, 2.45) is 0 Å². The van der Waals surface area contributed by atoms with Crippen LogP contribution < -0.4 is 14.8 Å². The van der Waals surface area contributed by atoms with Crippen molar-refractivity contribution in [3.05, 3.63) is 58.6 Å². The third kappa shape index (κ3) is 6.00. The molecule has 0 saturated heterocycles. The fraction of sp³-hybridized carbons (Fsp3) is 0.235. The van der Waals surface area contributed by atoms with Gasteiger partial charge in [0.1, 0.15) is 18.1 Å². The summed E-state index contributed by atoms with van der Waals surface area (Å²) in [6.07, 6.45) is -0.621. The van der Waals surface area contributed by atoms with Crippen LogP contribution in [0.1, 0.15) is 6.92 Å². The summed E-state index contributed by atoms with van der Waals surface area (Å²) in [5, 5.41) is 3.96. The van der Waals surface area contributed by atoms with E-state index >= 15 is 0 Å². The number of benzene rings is 2. The Balaban J connectivity index is 1.70. The predicted octanol–water partition coefficient (Wildman–Crippen LogP) is 3.96. The molecule has 0 unspecified atom stereocenters. The molecule has 4 nitrogen and oxygen atoms in total. The van der Waals surface area contributed by atoms with Crippen LogP contribution in [-0.4, -0.2) is 25.2 Å². The lowest BCUT2D eigenvalue weighted by Crippen LogP contribution is -2.38. The number of amides is 1. The van der Waals surface area contributed by atoms with Crippen LogP contribution in [0.25, 0.3) is 0 Å². The topological polar surface area (TPSA) is 47.6 Å². The van der Waals surface area contributed by atoms with Gasteiger partial charge in [0.25, 0.3) is 5.91 Å². The molecule has 0 spiro atoms. The third-order valence-electron chi connectivity index (χ3n) is 2.96. The summed E-state index contributed by atoms with van der Waals surface area (Å²) in [7, 11) is 0. The van der Waals surface area contributed by atoms with Gasteiger partial charge >= 0.3 is 0 Å². The van der Waals surface area contributed by atoms with Crippen LogP contribution in [-0.2, 0) is 4.79 Å². The summed E-state index contributed by atoms with van der Waals surface area (Å²) in [4.78, 5) is 11.9. The second kappa shape index (κ2) is 8.65. The van der Waals surface area contributed by atoms with Crippen LogP contribution in [0.4, 0.5) is 0 Å². The molecule has 0 aliphatic heterocycles. The molecule has 23 heavy (non-hydrogen) atoms. The van der Waals surface area contributed by atoms with Crippen LogP contribution in [0, 0.1) is 0 Å². The van der Waals surface area contributed by atoms with E-state index in [-0.39, 0.29) is 5.91 Å². The molecule has 2 aromatic carbocycles. The lowest BCUT2D eigenvalue weighted by molar-refractivity contribution is -0.127. The summed E-state index contributed by atoms with van der Waals surface area (Å²) < 4.78 is 11.0. The highest BCUT2D eigenvalue weighted by molar-refractivity contribution is 6.30. The molecule has 2 aromatic rings. The molecule has 1 N–H and O–H groups in total. The molecule has 6 heteroatoms. The molecular formula is C17H17Cl2NO3. The van der Waals surface area contributed by atoms with Crippen molar-refractivity contribution in [2.75, 3.05) is 13.2 Å². The second-order valence-electron chi connectivity index (χ2n) is 4.81. The summed E-state index contributed by atoms with van der Waals surface area (Å²) in [5.41, 5.74) is 0. The molecule has 0 aliphatic carbocycles. The van der Waals surface area contributed by atoms with E-state index in [2.05, 4.69) is 5.32 Å². The smallest absolute Gasteiger partial charge is 0.260 e. The molecule has 0 aliphatic rings. The molecule has 1 atom stereocenters. The number of carbonyl (C=O) groups is 1. The Morgan fingerprint density at radius 3 is 2.52 bits per heavy atom. The average molecular weight is 354 g/mol. The van der Waals surface area contributed by atoms with E-state index in [1.807, 2.05) is 0 Å². The first-order valence-corrected chi connectivity index (χ1v) is 7.88. The highest BCUT2D eigenvalue weighted by atomic mass is 35.5. The van der Waals surface area contributed by atoms with E-state index in [9.17, 15) is 4.79 Å². The van der Waals surface area contributed by atoms with Crippen molar-refractivity contribution in [3.63, 3.8) is 0 Å². The number of hydrogen-bond donors (Lipinski definition) is 1.